The van der Waals surface area contributed by atoms with Gasteiger partial charge in [-0.05, 0) is 70.8 Å². The zero-order valence-corrected chi connectivity index (χ0v) is 23.9. The number of cyclic esters (lactones) is 1. The predicted molar refractivity (Wildman–Crippen MR) is 147 cm³/mol. The van der Waals surface area contributed by atoms with Crippen LogP contribution in [0.2, 0.25) is 0 Å². The van der Waals surface area contributed by atoms with Crippen LogP contribution in [-0.4, -0.2) is 83.5 Å². The number of hydrogen-bond donors (Lipinski definition) is 2. The molecule has 2 atom stereocenters. The molecule has 2 aliphatic heterocycles. The Hall–Kier alpha value is -4.00. The van der Waals surface area contributed by atoms with E-state index in [0.29, 0.717) is 37.1 Å². The Balaban J connectivity index is 1.32. The lowest BCUT2D eigenvalue weighted by Gasteiger charge is -2.32. The monoisotopic (exact) mass is 570 g/mol. The lowest BCUT2D eigenvalue weighted by Crippen LogP contribution is -2.49. The van der Waals surface area contributed by atoms with Gasteiger partial charge < -0.3 is 29.7 Å². The van der Waals surface area contributed by atoms with Gasteiger partial charge in [0, 0.05) is 24.7 Å². The molecule has 2 unspecified atom stereocenters. The smallest absolute Gasteiger partial charge is 0.416 e. The largest absolute Gasteiger partial charge is 0.480 e. The van der Waals surface area contributed by atoms with Crippen LogP contribution in [0, 0.1) is 12.7 Å². The fourth-order valence-electron chi connectivity index (χ4n) is 5.34. The number of ether oxygens (including phenoxy) is 3. The highest BCUT2D eigenvalue weighted by Crippen LogP contribution is 2.35. The molecule has 13 heteroatoms. The van der Waals surface area contributed by atoms with E-state index in [2.05, 4.69) is 25.5 Å². The van der Waals surface area contributed by atoms with Crippen LogP contribution in [0.1, 0.15) is 44.0 Å². The van der Waals surface area contributed by atoms with E-state index in [1.165, 1.54) is 11.1 Å². The second-order valence-electron chi connectivity index (χ2n) is 11.8. The third-order valence-corrected chi connectivity index (χ3v) is 7.54. The summed E-state index contributed by atoms with van der Waals surface area (Å²) in [7, 11) is 1.95. The Kier molecular flexibility index (Phi) is 7.49. The molecule has 3 aliphatic rings. The molecule has 2 aromatic rings. The average molecular weight is 571 g/mol. The highest BCUT2D eigenvalue weighted by atomic mass is 19.1. The van der Waals surface area contributed by atoms with Gasteiger partial charge in [0.25, 0.3) is 5.91 Å². The van der Waals surface area contributed by atoms with Crippen molar-refractivity contribution < 1.29 is 33.0 Å². The van der Waals surface area contributed by atoms with Crippen molar-refractivity contribution in [2.75, 3.05) is 43.5 Å². The topological polar surface area (TPSA) is 135 Å². The third-order valence-electron chi connectivity index (χ3n) is 7.54. The van der Waals surface area contributed by atoms with Crippen LogP contribution in [-0.2, 0) is 27.1 Å². The second kappa shape index (κ2) is 10.8. The van der Waals surface area contributed by atoms with Gasteiger partial charge in [0.15, 0.2) is 23.8 Å². The lowest BCUT2D eigenvalue weighted by molar-refractivity contribution is -0.118. The Morgan fingerprint density at radius 2 is 2.05 bits per heavy atom. The molecule has 0 bridgehead atoms. The van der Waals surface area contributed by atoms with Gasteiger partial charge in [-0.2, -0.15) is 0 Å². The highest BCUT2D eigenvalue weighted by molar-refractivity contribution is 5.95. The number of fused-ring (bicyclic) bond motifs is 2. The van der Waals surface area contributed by atoms with Crippen LogP contribution in [0.25, 0.3) is 0 Å². The van der Waals surface area contributed by atoms with Gasteiger partial charge in [-0.25, -0.2) is 19.0 Å². The van der Waals surface area contributed by atoms with Gasteiger partial charge in [-0.15, -0.1) is 0 Å². The summed E-state index contributed by atoms with van der Waals surface area (Å²) in [6.45, 7) is 7.67. The van der Waals surface area contributed by atoms with Crippen molar-refractivity contribution in [3.63, 3.8) is 0 Å². The summed E-state index contributed by atoms with van der Waals surface area (Å²) in [5.74, 6) is 0.258. The second-order valence-corrected chi connectivity index (χ2v) is 11.8. The van der Waals surface area contributed by atoms with E-state index in [4.69, 9.17) is 14.2 Å². The molecule has 0 radical (unpaired) electrons. The molecule has 5 rings (SSSR count). The van der Waals surface area contributed by atoms with Crippen molar-refractivity contribution in [2.24, 2.45) is 0 Å². The van der Waals surface area contributed by atoms with Crippen LogP contribution in [0.4, 0.5) is 25.6 Å². The number of aryl methyl sites for hydroxylation is 1. The number of amides is 3. The van der Waals surface area contributed by atoms with Crippen molar-refractivity contribution in [2.45, 2.75) is 64.2 Å². The van der Waals surface area contributed by atoms with E-state index in [9.17, 15) is 18.8 Å². The minimum absolute atomic E-state index is 0.00529. The number of carbonyl (C=O) groups excluding carboxylic acids is 3. The van der Waals surface area contributed by atoms with Crippen molar-refractivity contribution in [1.29, 1.82) is 0 Å². The summed E-state index contributed by atoms with van der Waals surface area (Å²) in [6, 6.07) is 3.30. The zero-order chi connectivity index (χ0) is 29.5. The Morgan fingerprint density at radius 1 is 1.29 bits per heavy atom. The summed E-state index contributed by atoms with van der Waals surface area (Å²) in [5.41, 5.74) is 0.665. The number of rotatable bonds is 7. The Morgan fingerprint density at radius 3 is 2.78 bits per heavy atom. The molecule has 3 amide bonds. The first kappa shape index (κ1) is 28.5. The van der Waals surface area contributed by atoms with E-state index in [-0.39, 0.29) is 49.1 Å². The SMILES string of the molecule is Cc1ncc(F)c2c1CC(N(C)CCC1(CNC(=O)OC(C)(C)C)CN(c3ccc4c(n3)NC(=O)CO4)C(=O)O1)C2. The Bertz CT molecular complexity index is 1350. The van der Waals surface area contributed by atoms with E-state index in [1.54, 1.807) is 32.9 Å². The normalized spacial score (nSPS) is 21.6. The number of nitrogens with zero attached hydrogens (tertiary/aromatic N) is 4. The van der Waals surface area contributed by atoms with Gasteiger partial charge in [0.1, 0.15) is 17.2 Å². The van der Waals surface area contributed by atoms with E-state index in [1.807, 2.05) is 14.0 Å². The maximum absolute atomic E-state index is 14.4. The summed E-state index contributed by atoms with van der Waals surface area (Å²) in [6.07, 6.45) is 1.61. The molecule has 4 heterocycles. The number of hydrogen-bond acceptors (Lipinski definition) is 9. The maximum atomic E-state index is 14.4. The van der Waals surface area contributed by atoms with Crippen LogP contribution in [0.3, 0.4) is 0 Å². The lowest BCUT2D eigenvalue weighted by atomic mass is 9.98. The average Bonchev–Trinajstić information content (AvgIpc) is 3.50. The molecule has 2 N–H and O–H groups in total. The molecule has 1 fully saturated rings. The molecule has 0 spiro atoms. The summed E-state index contributed by atoms with van der Waals surface area (Å²) >= 11 is 0. The molecular weight excluding hydrogens is 535 g/mol. The van der Waals surface area contributed by atoms with Crippen LogP contribution < -0.4 is 20.3 Å². The Labute approximate surface area is 237 Å². The minimum atomic E-state index is -1.10. The van der Waals surface area contributed by atoms with Crippen LogP contribution >= 0.6 is 0 Å². The van der Waals surface area contributed by atoms with Crippen molar-refractivity contribution in [1.82, 2.24) is 20.2 Å². The molecule has 2 aromatic heterocycles. The van der Waals surface area contributed by atoms with Crippen LogP contribution in [0.5, 0.6) is 5.75 Å². The van der Waals surface area contributed by atoms with Crippen LogP contribution in [0.15, 0.2) is 18.3 Å². The quantitative estimate of drug-likeness (QED) is 0.515. The summed E-state index contributed by atoms with van der Waals surface area (Å²) < 4.78 is 31.1. The number of pyridine rings is 2. The molecule has 1 aliphatic carbocycles. The highest BCUT2D eigenvalue weighted by Gasteiger charge is 2.47. The van der Waals surface area contributed by atoms with Gasteiger partial charge >= 0.3 is 12.2 Å². The molecule has 0 saturated carbocycles. The third kappa shape index (κ3) is 6.19. The molecule has 1 saturated heterocycles. The molecular formula is C28H35FN6O6. The maximum Gasteiger partial charge on any atom is 0.416 e. The van der Waals surface area contributed by atoms with E-state index < -0.39 is 23.4 Å². The van der Waals surface area contributed by atoms with Crippen molar-refractivity contribution in [3.05, 3.63) is 41.0 Å². The number of halogens is 1. The number of nitrogens with one attached hydrogen (secondary N) is 2. The fourth-order valence-corrected chi connectivity index (χ4v) is 5.34. The first-order valence-corrected chi connectivity index (χ1v) is 13.6. The van der Waals surface area contributed by atoms with Gasteiger partial charge in [0.05, 0.1) is 19.3 Å². The van der Waals surface area contributed by atoms with Gasteiger partial charge in [-0.3, -0.25) is 14.7 Å². The molecule has 220 valence electrons. The standard InChI is InChI=1S/C28H35FN6O6/c1-16-18-10-17(11-19(18)20(29)12-30-16)34(5)9-8-28(14-31-25(37)40-27(2,3)4)15-35(26(38)41-28)22-7-6-21-24(32-22)33-23(36)13-39-21/h6-7,12,17H,8-11,13-15H2,1-5H3,(H,31,37)(H,32,33,36). The van der Waals surface area contributed by atoms with Gasteiger partial charge in [-0.1, -0.05) is 0 Å². The molecule has 0 aromatic carbocycles. The zero-order valence-electron chi connectivity index (χ0n) is 23.9. The fraction of sp³-hybridized carbons (Fsp3) is 0.536. The predicted octanol–water partition coefficient (Wildman–Crippen LogP) is 2.96. The molecule has 41 heavy (non-hydrogen) atoms. The first-order valence-electron chi connectivity index (χ1n) is 13.6. The number of alkyl carbamates (subject to hydrolysis) is 1. The number of likely N-dealkylation sites (N-methyl/N-ethyl adjacent to an activating group) is 1. The summed E-state index contributed by atoms with van der Waals surface area (Å²) in [4.78, 5) is 49.5. The summed E-state index contributed by atoms with van der Waals surface area (Å²) in [5, 5.41) is 5.40. The first-order chi connectivity index (χ1) is 19.3. The van der Waals surface area contributed by atoms with Crippen molar-refractivity contribution >= 4 is 29.7 Å². The number of carbonyl (C=O) groups is 3. The van der Waals surface area contributed by atoms with Crippen molar-refractivity contribution in [3.8, 4) is 5.75 Å². The van der Waals surface area contributed by atoms with E-state index in [0.717, 1.165) is 11.3 Å². The van der Waals surface area contributed by atoms with Gasteiger partial charge in [0.2, 0.25) is 0 Å². The number of anilines is 2. The minimum Gasteiger partial charge on any atom is -0.480 e. The number of aromatic nitrogens is 2. The van der Waals surface area contributed by atoms with E-state index >= 15 is 0 Å². The molecule has 12 nitrogen and oxygen atoms in total.